The first-order chi connectivity index (χ1) is 9.92. The van der Waals surface area contributed by atoms with E-state index in [1.165, 1.54) is 51.4 Å². The maximum absolute atomic E-state index is 4.10. The molecule has 0 radical (unpaired) electrons. The molecule has 0 amide bonds. The standard InChI is InChI=1S/C19H27N/c1-3-7-14(8-4-1)18-15-11-12-16(13-15)19(18)20-17-9-5-2-6-10-17/h1,3-4,7-8,15-20H,2,5-6,9-13H2. The van der Waals surface area contributed by atoms with Crippen molar-refractivity contribution in [1.82, 2.24) is 5.32 Å². The van der Waals surface area contributed by atoms with Gasteiger partial charge in [0.1, 0.15) is 0 Å². The molecule has 4 atom stereocenters. The highest BCUT2D eigenvalue weighted by molar-refractivity contribution is 5.26. The van der Waals surface area contributed by atoms with Crippen molar-refractivity contribution >= 4 is 0 Å². The second kappa shape index (κ2) is 5.52. The lowest BCUT2D eigenvalue weighted by atomic mass is 9.79. The van der Waals surface area contributed by atoms with Gasteiger partial charge in [-0.3, -0.25) is 0 Å². The van der Waals surface area contributed by atoms with Crippen LogP contribution < -0.4 is 5.32 Å². The summed E-state index contributed by atoms with van der Waals surface area (Å²) in [6.07, 6.45) is 11.6. The van der Waals surface area contributed by atoms with Crippen LogP contribution in [0.5, 0.6) is 0 Å². The van der Waals surface area contributed by atoms with Crippen molar-refractivity contribution in [3.05, 3.63) is 35.9 Å². The monoisotopic (exact) mass is 269 g/mol. The molecule has 2 bridgehead atoms. The van der Waals surface area contributed by atoms with E-state index in [0.29, 0.717) is 0 Å². The summed E-state index contributed by atoms with van der Waals surface area (Å²) in [5, 5.41) is 4.10. The van der Waals surface area contributed by atoms with E-state index < -0.39 is 0 Å². The van der Waals surface area contributed by atoms with Crippen molar-refractivity contribution in [2.75, 3.05) is 0 Å². The molecule has 0 aromatic heterocycles. The SMILES string of the molecule is c1ccc(C2C3CCC(C3)C2NC2CCCCC2)cc1. The van der Waals surface area contributed by atoms with Gasteiger partial charge in [0, 0.05) is 18.0 Å². The van der Waals surface area contributed by atoms with Gasteiger partial charge < -0.3 is 5.32 Å². The molecule has 4 rings (SSSR count). The Bertz CT molecular complexity index is 434. The minimum absolute atomic E-state index is 0.763. The van der Waals surface area contributed by atoms with Crippen LogP contribution in [-0.4, -0.2) is 12.1 Å². The van der Waals surface area contributed by atoms with Crippen molar-refractivity contribution in [1.29, 1.82) is 0 Å². The lowest BCUT2D eigenvalue weighted by Gasteiger charge is -2.36. The first-order valence-electron chi connectivity index (χ1n) is 8.73. The first-order valence-corrected chi connectivity index (χ1v) is 8.73. The molecule has 3 fully saturated rings. The van der Waals surface area contributed by atoms with Gasteiger partial charge in [0.25, 0.3) is 0 Å². The fourth-order valence-corrected chi connectivity index (χ4v) is 5.23. The van der Waals surface area contributed by atoms with Gasteiger partial charge in [-0.1, -0.05) is 49.6 Å². The Morgan fingerprint density at radius 3 is 2.35 bits per heavy atom. The van der Waals surface area contributed by atoms with Crippen molar-refractivity contribution < 1.29 is 0 Å². The van der Waals surface area contributed by atoms with Gasteiger partial charge in [-0.25, -0.2) is 0 Å². The van der Waals surface area contributed by atoms with Gasteiger partial charge in [-0.05, 0) is 49.5 Å². The zero-order valence-corrected chi connectivity index (χ0v) is 12.4. The molecule has 0 aliphatic heterocycles. The Hall–Kier alpha value is -0.820. The molecular formula is C19H27N. The quantitative estimate of drug-likeness (QED) is 0.852. The number of nitrogens with one attached hydrogen (secondary N) is 1. The lowest BCUT2D eigenvalue weighted by molar-refractivity contribution is 0.254. The van der Waals surface area contributed by atoms with Crippen LogP contribution in [0.15, 0.2) is 30.3 Å². The first kappa shape index (κ1) is 12.9. The molecule has 3 saturated carbocycles. The number of hydrogen-bond donors (Lipinski definition) is 1. The minimum atomic E-state index is 0.763. The van der Waals surface area contributed by atoms with Crippen molar-refractivity contribution in [2.24, 2.45) is 11.8 Å². The molecule has 1 N–H and O–H groups in total. The van der Waals surface area contributed by atoms with Crippen LogP contribution in [0.1, 0.15) is 62.8 Å². The van der Waals surface area contributed by atoms with Crippen molar-refractivity contribution in [3.8, 4) is 0 Å². The topological polar surface area (TPSA) is 12.0 Å². The van der Waals surface area contributed by atoms with Crippen LogP contribution in [-0.2, 0) is 0 Å². The third-order valence-electron chi connectivity index (χ3n) is 6.13. The molecule has 0 spiro atoms. The lowest BCUT2D eigenvalue weighted by Crippen LogP contribution is -2.45. The second-order valence-corrected chi connectivity index (χ2v) is 7.30. The van der Waals surface area contributed by atoms with Crippen LogP contribution >= 0.6 is 0 Å². The summed E-state index contributed by atoms with van der Waals surface area (Å²) >= 11 is 0. The van der Waals surface area contributed by atoms with Gasteiger partial charge in [-0.2, -0.15) is 0 Å². The normalized spacial score (nSPS) is 37.4. The maximum atomic E-state index is 4.10. The van der Waals surface area contributed by atoms with Crippen LogP contribution in [0.25, 0.3) is 0 Å². The van der Waals surface area contributed by atoms with Gasteiger partial charge >= 0.3 is 0 Å². The molecule has 3 aliphatic rings. The highest BCUT2D eigenvalue weighted by Gasteiger charge is 2.48. The highest BCUT2D eigenvalue weighted by Crippen LogP contribution is 2.53. The van der Waals surface area contributed by atoms with Gasteiger partial charge in [0.2, 0.25) is 0 Å². The maximum Gasteiger partial charge on any atom is 0.0169 e. The van der Waals surface area contributed by atoms with E-state index >= 15 is 0 Å². The molecule has 1 aromatic carbocycles. The Balaban J connectivity index is 1.53. The molecule has 108 valence electrons. The third-order valence-corrected chi connectivity index (χ3v) is 6.13. The highest BCUT2D eigenvalue weighted by atomic mass is 15.0. The molecule has 1 aromatic rings. The molecule has 20 heavy (non-hydrogen) atoms. The van der Waals surface area contributed by atoms with E-state index in [0.717, 1.165) is 29.8 Å². The van der Waals surface area contributed by atoms with E-state index in [1.807, 2.05) is 0 Å². The fourth-order valence-electron chi connectivity index (χ4n) is 5.23. The summed E-state index contributed by atoms with van der Waals surface area (Å²) < 4.78 is 0. The van der Waals surface area contributed by atoms with Crippen LogP contribution in [0.4, 0.5) is 0 Å². The average molecular weight is 269 g/mol. The predicted octanol–water partition coefficient (Wildman–Crippen LogP) is 4.49. The van der Waals surface area contributed by atoms with E-state index in [-0.39, 0.29) is 0 Å². The van der Waals surface area contributed by atoms with Gasteiger partial charge in [-0.15, -0.1) is 0 Å². The third kappa shape index (κ3) is 2.30. The Morgan fingerprint density at radius 1 is 0.800 bits per heavy atom. The Kier molecular flexibility index (Phi) is 3.56. The fraction of sp³-hybridized carbons (Fsp3) is 0.684. The summed E-state index contributed by atoms with van der Waals surface area (Å²) in [4.78, 5) is 0. The second-order valence-electron chi connectivity index (χ2n) is 7.30. The van der Waals surface area contributed by atoms with Crippen LogP contribution in [0.3, 0.4) is 0 Å². The van der Waals surface area contributed by atoms with Gasteiger partial charge in [0.15, 0.2) is 0 Å². The Labute approximate surface area is 123 Å². The molecule has 0 saturated heterocycles. The predicted molar refractivity (Wildman–Crippen MR) is 83.8 cm³/mol. The van der Waals surface area contributed by atoms with E-state index in [9.17, 15) is 0 Å². The summed E-state index contributed by atoms with van der Waals surface area (Å²) in [6.45, 7) is 0. The Morgan fingerprint density at radius 2 is 1.55 bits per heavy atom. The van der Waals surface area contributed by atoms with E-state index in [2.05, 4.69) is 35.6 Å². The van der Waals surface area contributed by atoms with Crippen LogP contribution in [0.2, 0.25) is 0 Å². The zero-order valence-electron chi connectivity index (χ0n) is 12.4. The average Bonchev–Trinajstić information content (AvgIpc) is 3.10. The summed E-state index contributed by atoms with van der Waals surface area (Å²) in [5.74, 6) is 2.69. The van der Waals surface area contributed by atoms with Crippen molar-refractivity contribution in [3.63, 3.8) is 0 Å². The molecule has 4 unspecified atom stereocenters. The number of benzene rings is 1. The number of fused-ring (bicyclic) bond motifs is 2. The molecule has 1 heteroatoms. The largest absolute Gasteiger partial charge is 0.310 e. The smallest absolute Gasteiger partial charge is 0.0169 e. The molecule has 0 heterocycles. The molecule has 1 nitrogen and oxygen atoms in total. The van der Waals surface area contributed by atoms with E-state index in [4.69, 9.17) is 0 Å². The number of rotatable bonds is 3. The molecular weight excluding hydrogens is 242 g/mol. The number of hydrogen-bond acceptors (Lipinski definition) is 1. The minimum Gasteiger partial charge on any atom is -0.310 e. The van der Waals surface area contributed by atoms with Crippen molar-refractivity contribution in [2.45, 2.75) is 69.4 Å². The summed E-state index contributed by atoms with van der Waals surface area (Å²) in [7, 11) is 0. The zero-order chi connectivity index (χ0) is 13.4. The van der Waals surface area contributed by atoms with Crippen LogP contribution in [0, 0.1) is 11.8 Å². The van der Waals surface area contributed by atoms with Gasteiger partial charge in [0.05, 0.1) is 0 Å². The summed E-state index contributed by atoms with van der Waals surface area (Å²) in [5.41, 5.74) is 1.59. The van der Waals surface area contributed by atoms with E-state index in [1.54, 1.807) is 5.56 Å². The molecule has 3 aliphatic carbocycles. The summed E-state index contributed by atoms with van der Waals surface area (Å²) in [6, 6.07) is 12.9.